The van der Waals surface area contributed by atoms with Gasteiger partial charge >= 0.3 is 0 Å². The Labute approximate surface area is 169 Å². The van der Waals surface area contributed by atoms with Crippen molar-refractivity contribution in [2.24, 2.45) is 0 Å². The lowest BCUT2D eigenvalue weighted by Gasteiger charge is -2.28. The average Bonchev–Trinajstić information content (AvgIpc) is 3.16. The summed E-state index contributed by atoms with van der Waals surface area (Å²) in [6.07, 6.45) is 0. The van der Waals surface area contributed by atoms with Crippen LogP contribution in [0.25, 0.3) is 11.4 Å². The normalized spacial score (nSPS) is 14.1. The van der Waals surface area contributed by atoms with Crippen LogP contribution in [0.15, 0.2) is 42.5 Å². The summed E-state index contributed by atoms with van der Waals surface area (Å²) in [4.78, 5) is 15.9. The van der Waals surface area contributed by atoms with Crippen LogP contribution in [0, 0.1) is 13.8 Å². The summed E-state index contributed by atoms with van der Waals surface area (Å²) in [6.45, 7) is 7.29. The van der Waals surface area contributed by atoms with Crippen molar-refractivity contribution in [3.05, 3.63) is 53.6 Å². The topological polar surface area (TPSA) is 85.2 Å². The fourth-order valence-corrected chi connectivity index (χ4v) is 3.44. The fraction of sp³-hybridized carbons (Fsp3) is 0.333. The van der Waals surface area contributed by atoms with Crippen molar-refractivity contribution in [3.8, 4) is 11.4 Å². The molecule has 1 amide bonds. The van der Waals surface area contributed by atoms with E-state index in [2.05, 4.69) is 31.7 Å². The predicted octanol–water partition coefficient (Wildman–Crippen LogP) is 2.43. The van der Waals surface area contributed by atoms with Crippen molar-refractivity contribution in [1.82, 2.24) is 20.2 Å². The van der Waals surface area contributed by atoms with Crippen LogP contribution in [0.5, 0.6) is 0 Å². The molecule has 4 rings (SSSR count). The van der Waals surface area contributed by atoms with E-state index in [0.717, 1.165) is 54.4 Å². The van der Waals surface area contributed by atoms with Gasteiger partial charge in [-0.05, 0) is 66.6 Å². The molecule has 2 aromatic carbocycles. The number of tetrazole rings is 1. The second-order valence-electron chi connectivity index (χ2n) is 7.21. The van der Waals surface area contributed by atoms with E-state index in [-0.39, 0.29) is 12.5 Å². The van der Waals surface area contributed by atoms with E-state index >= 15 is 0 Å². The third kappa shape index (κ3) is 4.78. The van der Waals surface area contributed by atoms with Crippen molar-refractivity contribution in [2.45, 2.75) is 20.4 Å². The maximum absolute atomic E-state index is 12.3. The molecule has 0 atom stereocenters. The number of aromatic nitrogens is 4. The molecule has 1 aliphatic rings. The van der Waals surface area contributed by atoms with Gasteiger partial charge in [0.05, 0.1) is 13.2 Å². The minimum absolute atomic E-state index is 0.00580. The highest BCUT2D eigenvalue weighted by Gasteiger charge is 2.13. The number of hydrogen-bond donors (Lipinski definition) is 1. The standard InChI is InChI=1S/C21H24N6O2/c1-15-11-16(2)13-18(12-15)22-20(28)14-27-24-21(23-25-27)17-3-5-19(6-4-17)26-7-9-29-10-8-26/h3-6,11-13H,7-10,14H2,1-2H3,(H,22,28). The first-order valence-electron chi connectivity index (χ1n) is 9.66. The number of hydrogen-bond acceptors (Lipinski definition) is 6. The number of amides is 1. The molecule has 0 spiro atoms. The molecular weight excluding hydrogens is 368 g/mol. The Morgan fingerprint density at radius 3 is 2.45 bits per heavy atom. The van der Waals surface area contributed by atoms with Crippen LogP contribution in [-0.4, -0.2) is 52.4 Å². The van der Waals surface area contributed by atoms with Crippen molar-refractivity contribution in [3.63, 3.8) is 0 Å². The van der Waals surface area contributed by atoms with Crippen LogP contribution in [0.1, 0.15) is 11.1 Å². The van der Waals surface area contributed by atoms with E-state index < -0.39 is 0 Å². The third-order valence-electron chi connectivity index (χ3n) is 4.75. The largest absolute Gasteiger partial charge is 0.378 e. The van der Waals surface area contributed by atoms with Crippen LogP contribution in [0.3, 0.4) is 0 Å². The second-order valence-corrected chi connectivity index (χ2v) is 7.21. The molecule has 1 aromatic heterocycles. The number of anilines is 2. The summed E-state index contributed by atoms with van der Waals surface area (Å²) < 4.78 is 5.39. The van der Waals surface area contributed by atoms with Gasteiger partial charge in [0.25, 0.3) is 0 Å². The van der Waals surface area contributed by atoms with E-state index in [1.165, 1.54) is 4.80 Å². The van der Waals surface area contributed by atoms with E-state index in [4.69, 9.17) is 4.74 Å². The summed E-state index contributed by atoms with van der Waals surface area (Å²) in [6, 6.07) is 14.0. The average molecular weight is 392 g/mol. The van der Waals surface area contributed by atoms with Gasteiger partial charge in [0.15, 0.2) is 0 Å². The molecule has 0 bridgehead atoms. The lowest BCUT2D eigenvalue weighted by atomic mass is 10.1. The zero-order valence-electron chi connectivity index (χ0n) is 16.6. The molecule has 1 fully saturated rings. The van der Waals surface area contributed by atoms with Crippen LogP contribution in [0.2, 0.25) is 0 Å². The number of nitrogens with one attached hydrogen (secondary N) is 1. The number of aryl methyl sites for hydroxylation is 2. The van der Waals surface area contributed by atoms with Crippen LogP contribution in [-0.2, 0) is 16.1 Å². The van der Waals surface area contributed by atoms with Crippen LogP contribution in [0.4, 0.5) is 11.4 Å². The summed E-state index contributed by atoms with van der Waals surface area (Å²) in [5.74, 6) is 0.305. The van der Waals surface area contributed by atoms with Gasteiger partial charge < -0.3 is 15.0 Å². The Bertz CT molecular complexity index is 972. The fourth-order valence-electron chi connectivity index (χ4n) is 3.44. The molecule has 29 heavy (non-hydrogen) atoms. The molecule has 3 aromatic rings. The zero-order chi connectivity index (χ0) is 20.2. The van der Waals surface area contributed by atoms with Gasteiger partial charge in [-0.15, -0.1) is 10.2 Å². The lowest BCUT2D eigenvalue weighted by Crippen LogP contribution is -2.36. The molecule has 8 nitrogen and oxygen atoms in total. The van der Waals surface area contributed by atoms with Gasteiger partial charge in [0.1, 0.15) is 6.54 Å². The highest BCUT2D eigenvalue weighted by Crippen LogP contribution is 2.21. The summed E-state index contributed by atoms with van der Waals surface area (Å²) in [5, 5.41) is 15.3. The highest BCUT2D eigenvalue weighted by atomic mass is 16.5. The number of carbonyl (C=O) groups excluding carboxylic acids is 1. The van der Waals surface area contributed by atoms with E-state index in [1.54, 1.807) is 0 Å². The number of benzene rings is 2. The van der Waals surface area contributed by atoms with E-state index in [9.17, 15) is 4.79 Å². The minimum atomic E-state index is -0.193. The Hall–Kier alpha value is -3.26. The van der Waals surface area contributed by atoms with Crippen LogP contribution >= 0.6 is 0 Å². The Morgan fingerprint density at radius 1 is 1.07 bits per heavy atom. The van der Waals surface area contributed by atoms with Gasteiger partial charge in [-0.3, -0.25) is 4.79 Å². The monoisotopic (exact) mass is 392 g/mol. The molecule has 0 radical (unpaired) electrons. The quantitative estimate of drug-likeness (QED) is 0.718. The number of nitrogens with zero attached hydrogens (tertiary/aromatic N) is 5. The predicted molar refractivity (Wildman–Crippen MR) is 111 cm³/mol. The Balaban J connectivity index is 1.39. The van der Waals surface area contributed by atoms with Crippen molar-refractivity contribution >= 4 is 17.3 Å². The van der Waals surface area contributed by atoms with Gasteiger partial charge in [-0.2, -0.15) is 4.80 Å². The molecule has 1 saturated heterocycles. The zero-order valence-corrected chi connectivity index (χ0v) is 16.6. The van der Waals surface area contributed by atoms with E-state index in [1.807, 2.05) is 50.2 Å². The maximum Gasteiger partial charge on any atom is 0.248 e. The van der Waals surface area contributed by atoms with Crippen LogP contribution < -0.4 is 10.2 Å². The number of carbonyl (C=O) groups is 1. The smallest absolute Gasteiger partial charge is 0.248 e. The highest BCUT2D eigenvalue weighted by molar-refractivity contribution is 5.90. The van der Waals surface area contributed by atoms with Gasteiger partial charge in [-0.25, -0.2) is 0 Å². The van der Waals surface area contributed by atoms with E-state index in [0.29, 0.717) is 5.82 Å². The van der Waals surface area contributed by atoms with Gasteiger partial charge in [-0.1, -0.05) is 6.07 Å². The Kier molecular flexibility index (Phi) is 5.53. The molecule has 150 valence electrons. The molecule has 1 N–H and O–H groups in total. The first kappa shape index (κ1) is 19.1. The van der Waals surface area contributed by atoms with Gasteiger partial charge in [0.2, 0.25) is 11.7 Å². The molecule has 0 aliphatic carbocycles. The van der Waals surface area contributed by atoms with Gasteiger partial charge in [0, 0.05) is 30.0 Å². The Morgan fingerprint density at radius 2 is 1.76 bits per heavy atom. The number of morpholine rings is 1. The summed E-state index contributed by atoms with van der Waals surface area (Å²) in [5.41, 5.74) is 4.98. The maximum atomic E-state index is 12.3. The van der Waals surface area contributed by atoms with Crippen molar-refractivity contribution < 1.29 is 9.53 Å². The molecule has 8 heteroatoms. The van der Waals surface area contributed by atoms with Crippen molar-refractivity contribution in [2.75, 3.05) is 36.5 Å². The van der Waals surface area contributed by atoms with Crippen molar-refractivity contribution in [1.29, 1.82) is 0 Å². The summed E-state index contributed by atoms with van der Waals surface area (Å²) >= 11 is 0. The molecule has 0 saturated carbocycles. The first-order valence-corrected chi connectivity index (χ1v) is 9.66. The molecule has 1 aliphatic heterocycles. The second kappa shape index (κ2) is 8.40. The first-order chi connectivity index (χ1) is 14.1. The third-order valence-corrected chi connectivity index (χ3v) is 4.75. The number of ether oxygens (including phenoxy) is 1. The SMILES string of the molecule is Cc1cc(C)cc(NC(=O)Cn2nnc(-c3ccc(N4CCOCC4)cc3)n2)c1. The summed E-state index contributed by atoms with van der Waals surface area (Å²) in [7, 11) is 0. The molecule has 0 unspecified atom stereocenters. The minimum Gasteiger partial charge on any atom is -0.378 e. The number of rotatable bonds is 5. The lowest BCUT2D eigenvalue weighted by molar-refractivity contribution is -0.117. The molecule has 2 heterocycles. The molecular formula is C21H24N6O2.